The number of anilines is 1. The van der Waals surface area contributed by atoms with Gasteiger partial charge in [0.15, 0.2) is 5.78 Å². The molecule has 1 fully saturated rings. The molecular formula is C21H21N3O2. The first-order valence-corrected chi connectivity index (χ1v) is 8.93. The number of benzene rings is 2. The van der Waals surface area contributed by atoms with Crippen LogP contribution in [0.15, 0.2) is 60.8 Å². The molecule has 2 aromatic carbocycles. The maximum absolute atomic E-state index is 12.6. The van der Waals surface area contributed by atoms with Gasteiger partial charge in [-0.2, -0.15) is 0 Å². The van der Waals surface area contributed by atoms with Gasteiger partial charge in [0, 0.05) is 41.7 Å². The summed E-state index contributed by atoms with van der Waals surface area (Å²) in [5, 5.41) is 3.99. The molecule has 0 unspecified atom stereocenters. The summed E-state index contributed by atoms with van der Waals surface area (Å²) in [7, 11) is 0. The van der Waals surface area contributed by atoms with Gasteiger partial charge in [0.05, 0.1) is 5.69 Å². The molecule has 26 heavy (non-hydrogen) atoms. The topological polar surface area (TPSA) is 65.2 Å². The number of aromatic amines is 1. The van der Waals surface area contributed by atoms with E-state index in [9.17, 15) is 9.59 Å². The molecule has 2 heterocycles. The summed E-state index contributed by atoms with van der Waals surface area (Å²) >= 11 is 0. The molecule has 0 aliphatic carbocycles. The number of nitrogens with one attached hydrogen (secondary N) is 2. The predicted molar refractivity (Wildman–Crippen MR) is 102 cm³/mol. The third kappa shape index (κ3) is 3.20. The van der Waals surface area contributed by atoms with Crippen LogP contribution in [-0.2, 0) is 0 Å². The van der Waals surface area contributed by atoms with E-state index >= 15 is 0 Å². The molecule has 1 aromatic heterocycles. The van der Waals surface area contributed by atoms with E-state index in [0.717, 1.165) is 22.2 Å². The number of amides is 2. The quantitative estimate of drug-likeness (QED) is 0.694. The minimum absolute atomic E-state index is 0.00504. The molecule has 1 saturated heterocycles. The van der Waals surface area contributed by atoms with Gasteiger partial charge < -0.3 is 15.2 Å². The highest BCUT2D eigenvalue weighted by Gasteiger charge is 2.28. The van der Waals surface area contributed by atoms with E-state index in [1.165, 1.54) is 0 Å². The van der Waals surface area contributed by atoms with Gasteiger partial charge in [-0.15, -0.1) is 0 Å². The molecule has 0 bridgehead atoms. The zero-order valence-electron chi connectivity index (χ0n) is 14.4. The van der Waals surface area contributed by atoms with E-state index in [2.05, 4.69) is 10.3 Å². The van der Waals surface area contributed by atoms with Gasteiger partial charge in [-0.1, -0.05) is 36.4 Å². The Balaban J connectivity index is 1.38. The number of carbonyl (C=O) groups excluding carboxylic acids is 2. The molecule has 5 heteroatoms. The zero-order valence-corrected chi connectivity index (χ0v) is 14.4. The highest BCUT2D eigenvalue weighted by molar-refractivity contribution is 6.01. The summed E-state index contributed by atoms with van der Waals surface area (Å²) in [6.45, 7) is 1.19. The summed E-state index contributed by atoms with van der Waals surface area (Å²) < 4.78 is 0. The lowest BCUT2D eigenvalue weighted by Gasteiger charge is -2.31. The molecule has 0 saturated carbocycles. The van der Waals surface area contributed by atoms with Crippen molar-refractivity contribution in [3.05, 3.63) is 66.4 Å². The number of Topliss-reactive ketones (excluding diaryl/α,β-unsaturated/α-hetero) is 1. The highest BCUT2D eigenvalue weighted by atomic mass is 16.2. The Hall–Kier alpha value is -3.08. The standard InChI is InChI=1S/C21H21N3O2/c25-20(15-5-2-1-3-6-15)16-10-13-24(14-11-16)21(26)23-19-8-4-7-18-17(19)9-12-22-18/h1-9,12,16,22H,10-11,13-14H2,(H,23,26). The molecule has 132 valence electrons. The Kier molecular flexibility index (Phi) is 4.44. The maximum Gasteiger partial charge on any atom is 0.321 e. The van der Waals surface area contributed by atoms with E-state index in [0.29, 0.717) is 25.9 Å². The molecule has 0 atom stereocenters. The van der Waals surface area contributed by atoms with Gasteiger partial charge in [0.25, 0.3) is 0 Å². The first-order valence-electron chi connectivity index (χ1n) is 8.93. The first kappa shape index (κ1) is 16.4. The first-order chi connectivity index (χ1) is 12.7. The summed E-state index contributed by atoms with van der Waals surface area (Å²) in [5.41, 5.74) is 2.56. The van der Waals surface area contributed by atoms with Crippen molar-refractivity contribution in [2.45, 2.75) is 12.8 Å². The third-order valence-corrected chi connectivity index (χ3v) is 5.05. The van der Waals surface area contributed by atoms with Crippen LogP contribution in [0.1, 0.15) is 23.2 Å². The lowest BCUT2D eigenvalue weighted by atomic mass is 9.89. The van der Waals surface area contributed by atoms with E-state index in [-0.39, 0.29) is 17.7 Å². The van der Waals surface area contributed by atoms with Crippen LogP contribution in [0, 0.1) is 5.92 Å². The van der Waals surface area contributed by atoms with Crippen LogP contribution in [0.2, 0.25) is 0 Å². The third-order valence-electron chi connectivity index (χ3n) is 5.05. The Labute approximate surface area is 152 Å². The second kappa shape index (κ2) is 7.04. The van der Waals surface area contributed by atoms with E-state index in [1.54, 1.807) is 4.90 Å². The smallest absolute Gasteiger partial charge is 0.321 e. The van der Waals surface area contributed by atoms with Gasteiger partial charge in [0.2, 0.25) is 0 Å². The number of hydrogen-bond acceptors (Lipinski definition) is 2. The number of H-pyrrole nitrogens is 1. The van der Waals surface area contributed by atoms with E-state index < -0.39 is 0 Å². The molecular weight excluding hydrogens is 326 g/mol. The highest BCUT2D eigenvalue weighted by Crippen LogP contribution is 2.25. The fourth-order valence-electron chi connectivity index (χ4n) is 3.57. The van der Waals surface area contributed by atoms with Crippen molar-refractivity contribution in [1.82, 2.24) is 9.88 Å². The minimum Gasteiger partial charge on any atom is -0.361 e. The number of carbonyl (C=O) groups is 2. The summed E-state index contributed by atoms with van der Waals surface area (Å²) in [6, 6.07) is 17.0. The number of likely N-dealkylation sites (tertiary alicyclic amines) is 1. The largest absolute Gasteiger partial charge is 0.361 e. The fourth-order valence-corrected chi connectivity index (χ4v) is 3.57. The van der Waals surface area contributed by atoms with Crippen LogP contribution in [0.4, 0.5) is 10.5 Å². The minimum atomic E-state index is -0.107. The summed E-state index contributed by atoms with van der Waals surface area (Å²) in [5.74, 6) is 0.178. The number of aromatic nitrogens is 1. The summed E-state index contributed by atoms with van der Waals surface area (Å²) in [4.78, 5) is 30.1. The molecule has 1 aliphatic rings. The monoisotopic (exact) mass is 347 g/mol. The molecule has 2 N–H and O–H groups in total. The van der Waals surface area contributed by atoms with Crippen LogP contribution in [0.5, 0.6) is 0 Å². The normalized spacial score (nSPS) is 15.2. The lowest BCUT2D eigenvalue weighted by Crippen LogP contribution is -2.42. The predicted octanol–water partition coefficient (Wildman–Crippen LogP) is 4.29. The SMILES string of the molecule is O=C(c1ccccc1)C1CCN(C(=O)Nc2cccc3[nH]ccc23)CC1. The molecule has 0 spiro atoms. The van der Waals surface area contributed by atoms with Crippen molar-refractivity contribution < 1.29 is 9.59 Å². The van der Waals surface area contributed by atoms with Crippen molar-refractivity contribution in [3.8, 4) is 0 Å². The van der Waals surface area contributed by atoms with Gasteiger partial charge in [0.1, 0.15) is 0 Å². The van der Waals surface area contributed by atoms with Crippen molar-refractivity contribution in [3.63, 3.8) is 0 Å². The number of piperidine rings is 1. The number of ketones is 1. The maximum atomic E-state index is 12.6. The summed E-state index contributed by atoms with van der Waals surface area (Å²) in [6.07, 6.45) is 3.27. The molecule has 5 nitrogen and oxygen atoms in total. The van der Waals surface area contributed by atoms with Crippen LogP contribution in [0.25, 0.3) is 10.9 Å². The zero-order chi connectivity index (χ0) is 17.9. The Bertz CT molecular complexity index is 925. The molecule has 1 aliphatic heterocycles. The number of rotatable bonds is 3. The molecule has 2 amide bonds. The molecule has 0 radical (unpaired) electrons. The van der Waals surface area contributed by atoms with Crippen LogP contribution < -0.4 is 5.32 Å². The Morgan fingerprint density at radius 3 is 2.50 bits per heavy atom. The number of hydrogen-bond donors (Lipinski definition) is 2. The van der Waals surface area contributed by atoms with Crippen molar-refractivity contribution in [1.29, 1.82) is 0 Å². The Morgan fingerprint density at radius 1 is 0.962 bits per heavy atom. The number of urea groups is 1. The second-order valence-electron chi connectivity index (χ2n) is 6.67. The van der Waals surface area contributed by atoms with Crippen molar-refractivity contribution >= 4 is 28.4 Å². The lowest BCUT2D eigenvalue weighted by molar-refractivity contribution is 0.0859. The van der Waals surface area contributed by atoms with E-state index in [1.807, 2.05) is 60.8 Å². The molecule has 4 rings (SSSR count). The Morgan fingerprint density at radius 2 is 1.73 bits per heavy atom. The van der Waals surface area contributed by atoms with Gasteiger partial charge >= 0.3 is 6.03 Å². The average molecular weight is 347 g/mol. The van der Waals surface area contributed by atoms with Crippen molar-refractivity contribution in [2.75, 3.05) is 18.4 Å². The van der Waals surface area contributed by atoms with E-state index in [4.69, 9.17) is 0 Å². The van der Waals surface area contributed by atoms with Crippen LogP contribution >= 0.6 is 0 Å². The van der Waals surface area contributed by atoms with Gasteiger partial charge in [-0.25, -0.2) is 4.79 Å². The fraction of sp³-hybridized carbons (Fsp3) is 0.238. The van der Waals surface area contributed by atoms with Crippen molar-refractivity contribution in [2.24, 2.45) is 5.92 Å². The van der Waals surface area contributed by atoms with Gasteiger partial charge in [-0.3, -0.25) is 4.79 Å². The molecule has 3 aromatic rings. The number of fused-ring (bicyclic) bond motifs is 1. The van der Waals surface area contributed by atoms with Crippen LogP contribution in [0.3, 0.4) is 0 Å². The average Bonchev–Trinajstić information content (AvgIpc) is 3.18. The number of nitrogens with zero attached hydrogens (tertiary/aromatic N) is 1. The van der Waals surface area contributed by atoms with Crippen LogP contribution in [-0.4, -0.2) is 34.8 Å². The van der Waals surface area contributed by atoms with Gasteiger partial charge in [-0.05, 0) is 31.0 Å². The second-order valence-corrected chi connectivity index (χ2v) is 6.67.